The molecule has 0 bridgehead atoms. The van der Waals surface area contributed by atoms with Gasteiger partial charge in [0, 0.05) is 12.6 Å². The number of carbonyl (C=O) groups is 1. The molecule has 0 aliphatic heterocycles. The Labute approximate surface area is 100 Å². The smallest absolute Gasteiger partial charge is 0.352 e. The van der Waals surface area contributed by atoms with Gasteiger partial charge in [-0.3, -0.25) is 4.79 Å². The quantitative estimate of drug-likeness (QED) is 0.582. The largest absolute Gasteiger partial charge is 0.477 e. The summed E-state index contributed by atoms with van der Waals surface area (Å²) >= 11 is 0. The fourth-order valence-corrected chi connectivity index (χ4v) is 1.67. The fraction of sp³-hybridized carbons (Fsp3) is 0.385. The van der Waals surface area contributed by atoms with Crippen molar-refractivity contribution in [2.75, 3.05) is 0 Å². The minimum absolute atomic E-state index is 0.0567. The molecule has 1 aromatic heterocycles. The summed E-state index contributed by atoms with van der Waals surface area (Å²) in [4.78, 5) is 22.5. The zero-order valence-corrected chi connectivity index (χ0v) is 9.76. The van der Waals surface area contributed by atoms with Crippen LogP contribution in [0, 0.1) is 0 Å². The lowest BCUT2D eigenvalue weighted by atomic mass is 10.2. The molecule has 92 valence electrons. The molecule has 0 radical (unpaired) electrons. The minimum Gasteiger partial charge on any atom is -0.477 e. The molecular formula is C13H17NO3. The van der Waals surface area contributed by atoms with Crippen LogP contribution in [0.4, 0.5) is 0 Å². The Morgan fingerprint density at radius 2 is 2.12 bits per heavy atom. The van der Waals surface area contributed by atoms with Crippen molar-refractivity contribution in [1.82, 2.24) is 4.57 Å². The van der Waals surface area contributed by atoms with Crippen LogP contribution in [-0.4, -0.2) is 15.6 Å². The number of nitrogens with zero attached hydrogens (tertiary/aromatic N) is 1. The molecule has 0 aliphatic rings. The highest BCUT2D eigenvalue weighted by Crippen LogP contribution is 2.04. The zero-order chi connectivity index (χ0) is 12.7. The number of carboxylic acid groups (broad SMARTS) is 1. The topological polar surface area (TPSA) is 59.3 Å². The Morgan fingerprint density at radius 1 is 1.35 bits per heavy atom. The first kappa shape index (κ1) is 13.2. The van der Waals surface area contributed by atoms with Crippen LogP contribution in [0.25, 0.3) is 0 Å². The molecule has 1 rings (SSSR count). The third-order valence-electron chi connectivity index (χ3n) is 2.56. The van der Waals surface area contributed by atoms with Gasteiger partial charge < -0.3 is 9.67 Å². The lowest BCUT2D eigenvalue weighted by molar-refractivity contribution is 0.0683. The zero-order valence-electron chi connectivity index (χ0n) is 9.76. The standard InChI is InChI=1S/C13H17NO3/c1-2-3-4-5-6-10-14-11(13(16)17)8-7-9-12(14)15/h2,7-9H,1,3-6,10H2,(H,16,17). The third-order valence-corrected chi connectivity index (χ3v) is 2.56. The normalized spacial score (nSPS) is 10.1. The molecule has 4 heteroatoms. The van der Waals surface area contributed by atoms with Gasteiger partial charge in [0.25, 0.3) is 5.56 Å². The lowest BCUT2D eigenvalue weighted by Crippen LogP contribution is -2.25. The average molecular weight is 235 g/mol. The van der Waals surface area contributed by atoms with Gasteiger partial charge >= 0.3 is 5.97 Å². The van der Waals surface area contributed by atoms with E-state index in [9.17, 15) is 9.59 Å². The summed E-state index contributed by atoms with van der Waals surface area (Å²) in [7, 11) is 0. The van der Waals surface area contributed by atoms with Crippen LogP contribution in [0.3, 0.4) is 0 Å². The lowest BCUT2D eigenvalue weighted by Gasteiger charge is -2.08. The van der Waals surface area contributed by atoms with Crippen LogP contribution in [0.5, 0.6) is 0 Å². The summed E-state index contributed by atoms with van der Waals surface area (Å²) in [6.07, 6.45) is 5.60. The summed E-state index contributed by atoms with van der Waals surface area (Å²) < 4.78 is 1.32. The van der Waals surface area contributed by atoms with Crippen LogP contribution in [-0.2, 0) is 6.54 Å². The number of hydrogen-bond acceptors (Lipinski definition) is 2. The summed E-state index contributed by atoms with van der Waals surface area (Å²) in [5.41, 5.74) is -0.199. The summed E-state index contributed by atoms with van der Waals surface area (Å²) in [5.74, 6) is -1.06. The Bertz CT molecular complexity index is 448. The number of unbranched alkanes of at least 4 members (excludes halogenated alkanes) is 3. The maximum Gasteiger partial charge on any atom is 0.352 e. The van der Waals surface area contributed by atoms with Crippen LogP contribution >= 0.6 is 0 Å². The van der Waals surface area contributed by atoms with Crippen LogP contribution < -0.4 is 5.56 Å². The van der Waals surface area contributed by atoms with Gasteiger partial charge in [0.1, 0.15) is 5.69 Å². The summed E-state index contributed by atoms with van der Waals surface area (Å²) in [6, 6.07) is 4.31. The van der Waals surface area contributed by atoms with E-state index in [2.05, 4.69) is 6.58 Å². The van der Waals surface area contributed by atoms with Gasteiger partial charge in [-0.2, -0.15) is 0 Å². The van der Waals surface area contributed by atoms with Gasteiger partial charge in [-0.05, 0) is 25.3 Å². The second kappa shape index (κ2) is 6.68. The fourth-order valence-electron chi connectivity index (χ4n) is 1.67. The molecular weight excluding hydrogens is 218 g/mol. The van der Waals surface area contributed by atoms with Crippen molar-refractivity contribution < 1.29 is 9.90 Å². The summed E-state index contributed by atoms with van der Waals surface area (Å²) in [6.45, 7) is 4.09. The van der Waals surface area contributed by atoms with Gasteiger partial charge in [-0.15, -0.1) is 6.58 Å². The molecule has 0 spiro atoms. The van der Waals surface area contributed by atoms with Crippen molar-refractivity contribution >= 4 is 5.97 Å². The Hall–Kier alpha value is -1.84. The van der Waals surface area contributed by atoms with Crippen LogP contribution in [0.1, 0.15) is 36.2 Å². The van der Waals surface area contributed by atoms with Gasteiger partial charge in [-0.25, -0.2) is 4.79 Å². The average Bonchev–Trinajstić information content (AvgIpc) is 2.30. The molecule has 0 atom stereocenters. The van der Waals surface area contributed by atoms with E-state index in [0.717, 1.165) is 25.7 Å². The first-order chi connectivity index (χ1) is 8.16. The van der Waals surface area contributed by atoms with Gasteiger partial charge in [-0.1, -0.05) is 18.6 Å². The van der Waals surface area contributed by atoms with Gasteiger partial charge in [0.15, 0.2) is 0 Å². The van der Waals surface area contributed by atoms with Crippen molar-refractivity contribution in [1.29, 1.82) is 0 Å². The van der Waals surface area contributed by atoms with E-state index in [4.69, 9.17) is 5.11 Å². The Morgan fingerprint density at radius 3 is 2.76 bits per heavy atom. The molecule has 0 aliphatic carbocycles. The Balaban J connectivity index is 2.66. The highest BCUT2D eigenvalue weighted by Gasteiger charge is 2.09. The second-order valence-corrected chi connectivity index (χ2v) is 3.84. The van der Waals surface area contributed by atoms with Crippen molar-refractivity contribution in [3.8, 4) is 0 Å². The van der Waals surface area contributed by atoms with Crippen molar-refractivity contribution in [3.05, 3.63) is 46.9 Å². The molecule has 1 aromatic rings. The molecule has 0 saturated heterocycles. The van der Waals surface area contributed by atoms with Crippen molar-refractivity contribution in [3.63, 3.8) is 0 Å². The van der Waals surface area contributed by atoms with Crippen molar-refractivity contribution in [2.24, 2.45) is 0 Å². The van der Waals surface area contributed by atoms with E-state index in [-0.39, 0.29) is 11.3 Å². The number of allylic oxidation sites excluding steroid dienone is 1. The molecule has 4 nitrogen and oxygen atoms in total. The highest BCUT2D eigenvalue weighted by atomic mass is 16.4. The van der Waals surface area contributed by atoms with E-state index in [1.165, 1.54) is 22.8 Å². The minimum atomic E-state index is -1.06. The molecule has 1 N–H and O–H groups in total. The van der Waals surface area contributed by atoms with Crippen LogP contribution in [0.15, 0.2) is 35.6 Å². The van der Waals surface area contributed by atoms with Gasteiger partial charge in [0.05, 0.1) is 0 Å². The molecule has 0 fully saturated rings. The molecule has 1 heterocycles. The molecule has 17 heavy (non-hydrogen) atoms. The number of hydrogen-bond donors (Lipinski definition) is 1. The summed E-state index contributed by atoms with van der Waals surface area (Å²) in [5, 5.41) is 8.96. The second-order valence-electron chi connectivity index (χ2n) is 3.84. The van der Waals surface area contributed by atoms with E-state index in [1.54, 1.807) is 0 Å². The van der Waals surface area contributed by atoms with E-state index >= 15 is 0 Å². The predicted molar refractivity (Wildman–Crippen MR) is 66.3 cm³/mol. The molecule has 0 unspecified atom stereocenters. The predicted octanol–water partition coefficient (Wildman–Crippen LogP) is 2.29. The first-order valence-corrected chi connectivity index (χ1v) is 5.71. The number of pyridine rings is 1. The van der Waals surface area contributed by atoms with E-state index in [0.29, 0.717) is 6.54 Å². The number of aromatic carboxylic acids is 1. The monoisotopic (exact) mass is 235 g/mol. The molecule has 0 aromatic carbocycles. The van der Waals surface area contributed by atoms with Crippen LogP contribution in [0.2, 0.25) is 0 Å². The third kappa shape index (κ3) is 3.90. The molecule has 0 saturated carbocycles. The maximum absolute atomic E-state index is 11.5. The highest BCUT2D eigenvalue weighted by molar-refractivity contribution is 5.85. The SMILES string of the molecule is C=CCCCCCn1c(C(=O)O)cccc1=O. The number of carboxylic acids is 1. The van der Waals surface area contributed by atoms with E-state index in [1.807, 2.05) is 6.08 Å². The van der Waals surface area contributed by atoms with Crippen molar-refractivity contribution in [2.45, 2.75) is 32.2 Å². The van der Waals surface area contributed by atoms with E-state index < -0.39 is 5.97 Å². The van der Waals surface area contributed by atoms with Gasteiger partial charge in [0.2, 0.25) is 0 Å². The number of aromatic nitrogens is 1. The number of rotatable bonds is 7. The first-order valence-electron chi connectivity index (χ1n) is 5.71. The Kier molecular flexibility index (Phi) is 5.20. The molecule has 0 amide bonds. The maximum atomic E-state index is 11.5.